The molecule has 1 aromatic heterocycles. The van der Waals surface area contributed by atoms with Crippen molar-refractivity contribution in [1.82, 2.24) is 15.2 Å². The molecule has 1 aromatic carbocycles. The van der Waals surface area contributed by atoms with Crippen molar-refractivity contribution >= 4 is 27.5 Å². The molecular formula is C18H25N3OS. The molecule has 5 heteroatoms. The van der Waals surface area contributed by atoms with Crippen LogP contribution in [0, 0.1) is 0 Å². The first-order chi connectivity index (χ1) is 11.3. The number of fused-ring (bicyclic) bond motifs is 1. The molecular weight excluding hydrogens is 306 g/mol. The van der Waals surface area contributed by atoms with Crippen molar-refractivity contribution in [1.29, 1.82) is 0 Å². The summed E-state index contributed by atoms with van der Waals surface area (Å²) in [5.74, 6) is 0.307. The zero-order valence-electron chi connectivity index (χ0n) is 13.8. The van der Waals surface area contributed by atoms with Crippen LogP contribution in [0.1, 0.15) is 37.6 Å². The molecule has 1 atom stereocenters. The third-order valence-electron chi connectivity index (χ3n) is 4.38. The molecule has 4 nitrogen and oxygen atoms in total. The van der Waals surface area contributed by atoms with E-state index in [0.29, 0.717) is 18.4 Å². The molecule has 1 aliphatic rings. The van der Waals surface area contributed by atoms with Crippen LogP contribution in [0.5, 0.6) is 0 Å². The van der Waals surface area contributed by atoms with E-state index in [0.717, 1.165) is 55.8 Å². The fraction of sp³-hybridized carbons (Fsp3) is 0.556. The van der Waals surface area contributed by atoms with Gasteiger partial charge in [-0.3, -0.25) is 4.79 Å². The van der Waals surface area contributed by atoms with Crippen LogP contribution in [0.25, 0.3) is 10.2 Å². The topological polar surface area (TPSA) is 45.2 Å². The molecule has 1 amide bonds. The van der Waals surface area contributed by atoms with Crippen molar-refractivity contribution in [2.24, 2.45) is 0 Å². The van der Waals surface area contributed by atoms with Crippen LogP contribution in [0.4, 0.5) is 0 Å². The number of carbonyl (C=O) groups is 1. The van der Waals surface area contributed by atoms with Gasteiger partial charge < -0.3 is 10.2 Å². The van der Waals surface area contributed by atoms with Gasteiger partial charge in [-0.15, -0.1) is 11.3 Å². The van der Waals surface area contributed by atoms with Gasteiger partial charge in [-0.25, -0.2) is 4.98 Å². The number of hydrogen-bond acceptors (Lipinski definition) is 4. The van der Waals surface area contributed by atoms with E-state index in [4.69, 9.17) is 0 Å². The van der Waals surface area contributed by atoms with Gasteiger partial charge >= 0.3 is 0 Å². The summed E-state index contributed by atoms with van der Waals surface area (Å²) in [6.45, 7) is 5.00. The number of aryl methyl sites for hydroxylation is 1. The molecule has 0 bridgehead atoms. The zero-order chi connectivity index (χ0) is 16.1. The van der Waals surface area contributed by atoms with Crippen LogP contribution >= 0.6 is 11.3 Å². The van der Waals surface area contributed by atoms with E-state index in [1.165, 1.54) is 4.70 Å². The second kappa shape index (κ2) is 7.88. The van der Waals surface area contributed by atoms with E-state index in [1.807, 2.05) is 12.1 Å². The Labute approximate surface area is 141 Å². The lowest BCUT2D eigenvalue weighted by Gasteiger charge is -2.28. The fourth-order valence-electron chi connectivity index (χ4n) is 3.22. The first-order valence-corrected chi connectivity index (χ1v) is 9.44. The Morgan fingerprint density at radius 1 is 1.43 bits per heavy atom. The number of aromatic nitrogens is 1. The minimum absolute atomic E-state index is 0.307. The minimum Gasteiger partial charge on any atom is -0.338 e. The number of para-hydroxylation sites is 1. The van der Waals surface area contributed by atoms with E-state index in [-0.39, 0.29) is 0 Å². The second-order valence-electron chi connectivity index (χ2n) is 6.16. The number of carbonyl (C=O) groups excluding carboxylic acids is 1. The molecule has 3 rings (SSSR count). The SMILES string of the molecule is CCCN(C(=O)CCCc1nc2ccccc2s1)C1CCNC1. The number of amides is 1. The van der Waals surface area contributed by atoms with Gasteiger partial charge in [-0.1, -0.05) is 19.1 Å². The van der Waals surface area contributed by atoms with E-state index in [9.17, 15) is 4.79 Å². The molecule has 23 heavy (non-hydrogen) atoms. The van der Waals surface area contributed by atoms with Crippen molar-refractivity contribution in [3.63, 3.8) is 0 Å². The monoisotopic (exact) mass is 331 g/mol. The summed E-state index contributed by atoms with van der Waals surface area (Å²) in [5, 5.41) is 4.50. The summed E-state index contributed by atoms with van der Waals surface area (Å²) in [7, 11) is 0. The number of rotatable bonds is 7. The average Bonchev–Trinajstić information content (AvgIpc) is 3.21. The van der Waals surface area contributed by atoms with Crippen molar-refractivity contribution < 1.29 is 4.79 Å². The largest absolute Gasteiger partial charge is 0.338 e. The molecule has 2 heterocycles. The lowest BCUT2D eigenvalue weighted by Crippen LogP contribution is -2.42. The molecule has 0 radical (unpaired) electrons. The highest BCUT2D eigenvalue weighted by molar-refractivity contribution is 7.18. The zero-order valence-corrected chi connectivity index (χ0v) is 14.6. The Kier molecular flexibility index (Phi) is 5.62. The normalized spacial score (nSPS) is 17.7. The predicted octanol–water partition coefficient (Wildman–Crippen LogP) is 3.22. The highest BCUT2D eigenvalue weighted by Gasteiger charge is 2.25. The van der Waals surface area contributed by atoms with Crippen LogP contribution in [-0.2, 0) is 11.2 Å². The standard InChI is InChI=1S/C18H25N3OS/c1-2-12-21(14-10-11-19-13-14)18(22)9-5-8-17-20-15-6-3-4-7-16(15)23-17/h3-4,6-7,14,19H,2,5,8-13H2,1H3. The molecule has 1 N–H and O–H groups in total. The van der Waals surface area contributed by atoms with Crippen LogP contribution in [0.15, 0.2) is 24.3 Å². The number of benzene rings is 1. The number of thiazole rings is 1. The average molecular weight is 331 g/mol. The maximum absolute atomic E-state index is 12.6. The molecule has 0 aliphatic carbocycles. The van der Waals surface area contributed by atoms with Gasteiger partial charge in [0.15, 0.2) is 0 Å². The lowest BCUT2D eigenvalue weighted by molar-refractivity contribution is -0.133. The van der Waals surface area contributed by atoms with Gasteiger partial charge in [0.2, 0.25) is 5.91 Å². The van der Waals surface area contributed by atoms with E-state index in [2.05, 4.69) is 34.3 Å². The van der Waals surface area contributed by atoms with Crippen molar-refractivity contribution in [3.8, 4) is 0 Å². The van der Waals surface area contributed by atoms with Gasteiger partial charge in [0.05, 0.1) is 15.2 Å². The van der Waals surface area contributed by atoms with Gasteiger partial charge in [-0.05, 0) is 44.4 Å². The molecule has 1 aliphatic heterocycles. The van der Waals surface area contributed by atoms with Crippen molar-refractivity contribution in [2.75, 3.05) is 19.6 Å². The van der Waals surface area contributed by atoms with Crippen LogP contribution < -0.4 is 5.32 Å². The van der Waals surface area contributed by atoms with Crippen molar-refractivity contribution in [2.45, 2.75) is 45.1 Å². The van der Waals surface area contributed by atoms with Gasteiger partial charge in [0.1, 0.15) is 0 Å². The molecule has 0 spiro atoms. The Bertz CT molecular complexity index is 616. The van der Waals surface area contributed by atoms with E-state index < -0.39 is 0 Å². The van der Waals surface area contributed by atoms with Gasteiger partial charge in [-0.2, -0.15) is 0 Å². The van der Waals surface area contributed by atoms with Gasteiger partial charge in [0.25, 0.3) is 0 Å². The number of nitrogens with one attached hydrogen (secondary N) is 1. The quantitative estimate of drug-likeness (QED) is 0.847. The molecule has 1 saturated heterocycles. The Morgan fingerprint density at radius 3 is 3.04 bits per heavy atom. The molecule has 1 fully saturated rings. The minimum atomic E-state index is 0.307. The first-order valence-electron chi connectivity index (χ1n) is 8.62. The summed E-state index contributed by atoms with van der Waals surface area (Å²) in [4.78, 5) is 19.3. The van der Waals surface area contributed by atoms with Crippen molar-refractivity contribution in [3.05, 3.63) is 29.3 Å². The summed E-state index contributed by atoms with van der Waals surface area (Å²) in [6.07, 6.45) is 4.53. The highest BCUT2D eigenvalue weighted by Crippen LogP contribution is 2.23. The first kappa shape index (κ1) is 16.4. The summed E-state index contributed by atoms with van der Waals surface area (Å²) < 4.78 is 1.23. The predicted molar refractivity (Wildman–Crippen MR) is 95.8 cm³/mol. The van der Waals surface area contributed by atoms with Gasteiger partial charge in [0, 0.05) is 25.6 Å². The van der Waals surface area contributed by atoms with Crippen LogP contribution in [0.2, 0.25) is 0 Å². The molecule has 124 valence electrons. The highest BCUT2D eigenvalue weighted by atomic mass is 32.1. The van der Waals surface area contributed by atoms with Crippen LogP contribution in [-0.4, -0.2) is 41.5 Å². The Morgan fingerprint density at radius 2 is 2.30 bits per heavy atom. The number of hydrogen-bond donors (Lipinski definition) is 1. The summed E-state index contributed by atoms with van der Waals surface area (Å²) in [6, 6.07) is 8.62. The second-order valence-corrected chi connectivity index (χ2v) is 7.28. The summed E-state index contributed by atoms with van der Waals surface area (Å²) in [5.41, 5.74) is 1.07. The third kappa shape index (κ3) is 4.09. The Balaban J connectivity index is 1.52. The smallest absolute Gasteiger partial charge is 0.222 e. The maximum Gasteiger partial charge on any atom is 0.222 e. The Hall–Kier alpha value is -1.46. The lowest BCUT2D eigenvalue weighted by atomic mass is 10.1. The molecule has 1 unspecified atom stereocenters. The maximum atomic E-state index is 12.6. The fourth-order valence-corrected chi connectivity index (χ4v) is 4.23. The van der Waals surface area contributed by atoms with E-state index in [1.54, 1.807) is 11.3 Å². The van der Waals surface area contributed by atoms with E-state index >= 15 is 0 Å². The molecule has 0 saturated carbocycles. The third-order valence-corrected chi connectivity index (χ3v) is 5.48. The van der Waals surface area contributed by atoms with Crippen LogP contribution in [0.3, 0.4) is 0 Å². The summed E-state index contributed by atoms with van der Waals surface area (Å²) >= 11 is 1.75. The molecule has 2 aromatic rings. The number of nitrogens with zero attached hydrogens (tertiary/aromatic N) is 2.